The predicted octanol–water partition coefficient (Wildman–Crippen LogP) is 8.24. The fraction of sp³-hybridized carbons (Fsp3) is 0.661. The molecule has 2 bridgehead atoms. The zero-order valence-electron chi connectivity index (χ0n) is 47.1. The van der Waals surface area contributed by atoms with Crippen molar-refractivity contribution in [2.75, 3.05) is 27.9 Å². The number of hydrogen-bond acceptors (Lipinski definition) is 15. The quantitative estimate of drug-likeness (QED) is 0.0659. The summed E-state index contributed by atoms with van der Waals surface area (Å²) in [4.78, 5) is 84.9. The highest BCUT2D eigenvalue weighted by atomic mass is 35.5. The second-order valence-electron chi connectivity index (χ2n) is 22.0. The average Bonchev–Trinajstić information content (AvgIpc) is 3.43. The van der Waals surface area contributed by atoms with E-state index in [1.165, 1.54) is 14.2 Å². The van der Waals surface area contributed by atoms with E-state index in [0.717, 1.165) is 10.5 Å². The van der Waals surface area contributed by atoms with Gasteiger partial charge in [0, 0.05) is 63.4 Å². The minimum absolute atomic E-state index is 0.0106. The predicted molar refractivity (Wildman–Crippen MR) is 295 cm³/mol. The summed E-state index contributed by atoms with van der Waals surface area (Å²) in [6, 6.07) is 7.27. The summed E-state index contributed by atoms with van der Waals surface area (Å²) in [5.41, 5.74) is 1.21. The van der Waals surface area contributed by atoms with E-state index in [1.54, 1.807) is 71.2 Å². The van der Waals surface area contributed by atoms with Crippen LogP contribution in [0.3, 0.4) is 0 Å². The minimum Gasteiger partial charge on any atom is -0.460 e. The third-order valence-corrected chi connectivity index (χ3v) is 17.9. The van der Waals surface area contributed by atoms with Crippen molar-refractivity contribution in [2.24, 2.45) is 35.5 Å². The molecule has 1 aromatic carbocycles. The van der Waals surface area contributed by atoms with Crippen LogP contribution in [-0.2, 0) is 63.2 Å². The number of esters is 1. The van der Waals surface area contributed by atoms with Gasteiger partial charge in [0.05, 0.1) is 29.1 Å². The van der Waals surface area contributed by atoms with E-state index in [1.807, 2.05) is 51.2 Å². The van der Waals surface area contributed by atoms with Crippen molar-refractivity contribution in [1.29, 1.82) is 0 Å². The van der Waals surface area contributed by atoms with Crippen LogP contribution in [-0.4, -0.2) is 142 Å². The molecule has 3 fully saturated rings. The van der Waals surface area contributed by atoms with Gasteiger partial charge in [-0.05, 0) is 119 Å². The second-order valence-corrected chi connectivity index (χ2v) is 24.3. The number of carbonyl (C=O) groups is 6. The summed E-state index contributed by atoms with van der Waals surface area (Å²) in [6.45, 7) is 12.5. The minimum atomic E-state index is -2.47. The van der Waals surface area contributed by atoms with Gasteiger partial charge >= 0.3 is 12.1 Å². The van der Waals surface area contributed by atoms with Crippen molar-refractivity contribution in [3.63, 3.8) is 0 Å². The van der Waals surface area contributed by atoms with Crippen LogP contribution in [0.2, 0.25) is 0 Å². The molecule has 1 saturated carbocycles. The van der Waals surface area contributed by atoms with Crippen LogP contribution in [0.5, 0.6) is 0 Å². The Bertz CT molecular complexity index is 2360. The van der Waals surface area contributed by atoms with Crippen molar-refractivity contribution in [2.45, 2.75) is 190 Å². The number of carbonyl (C=O) groups excluding carboxylic acids is 6. The third-order valence-electron chi connectivity index (χ3n) is 16.1. The summed E-state index contributed by atoms with van der Waals surface area (Å²) in [5, 5.41) is 26.0. The average molecular weight is 1130 g/mol. The first-order valence-corrected chi connectivity index (χ1v) is 29.2. The Morgan fingerprint density at radius 1 is 0.885 bits per heavy atom. The molecule has 2 saturated heterocycles. The van der Waals surface area contributed by atoms with E-state index in [0.29, 0.717) is 68.3 Å². The van der Waals surface area contributed by atoms with Gasteiger partial charge in [-0.1, -0.05) is 101 Å². The van der Waals surface area contributed by atoms with E-state index >= 15 is 0 Å². The summed E-state index contributed by atoms with van der Waals surface area (Å²) >= 11 is 6.32. The van der Waals surface area contributed by atoms with Crippen LogP contribution >= 0.6 is 11.6 Å². The van der Waals surface area contributed by atoms with Crippen molar-refractivity contribution in [3.8, 4) is 0 Å². The number of Topliss-reactive ketones (excluding diaryl/α,β-unsaturated/α-hetero) is 3. The molecular weight excluding hydrogens is 1040 g/mol. The maximum absolute atomic E-state index is 14.6. The zero-order valence-corrected chi connectivity index (χ0v) is 48.7. The van der Waals surface area contributed by atoms with E-state index < -0.39 is 118 Å². The number of piperidine rings is 1. The number of hydrogen-bond donors (Lipinski definition) is 3. The molecular formula is C59H85ClN2O15S. The molecule has 19 heteroatoms. The van der Waals surface area contributed by atoms with E-state index in [4.69, 9.17) is 40.0 Å². The Morgan fingerprint density at radius 2 is 1.60 bits per heavy atom. The van der Waals surface area contributed by atoms with Crippen molar-refractivity contribution < 1.29 is 71.6 Å². The molecule has 1 aliphatic carbocycles. The monoisotopic (exact) mass is 1130 g/mol. The number of fused-ring (bicyclic) bond motifs is 3. The number of cyclic esters (lactones) is 1. The highest BCUT2D eigenvalue weighted by Gasteiger charge is 2.53. The number of aliphatic hydroxyl groups excluding tert-OH is 1. The lowest BCUT2D eigenvalue weighted by Crippen LogP contribution is -2.61. The molecule has 3 heterocycles. The van der Waals surface area contributed by atoms with E-state index in [-0.39, 0.29) is 49.2 Å². The smallest absolute Gasteiger partial charge is 0.409 e. The fourth-order valence-electron chi connectivity index (χ4n) is 11.2. The molecule has 1 aromatic rings. The van der Waals surface area contributed by atoms with Gasteiger partial charge in [0.2, 0.25) is 5.79 Å². The molecule has 0 aromatic heterocycles. The molecule has 2 amide bonds. The molecule has 0 radical (unpaired) electrons. The van der Waals surface area contributed by atoms with Gasteiger partial charge < -0.3 is 43.5 Å². The molecule has 3 N–H and O–H groups in total. The summed E-state index contributed by atoms with van der Waals surface area (Å²) in [7, 11) is 2.68. The van der Waals surface area contributed by atoms with Crippen LogP contribution in [0.1, 0.15) is 126 Å². The third kappa shape index (κ3) is 17.3. The fourth-order valence-corrected chi connectivity index (χ4v) is 12.5. The first-order valence-electron chi connectivity index (χ1n) is 27.6. The molecule has 78 heavy (non-hydrogen) atoms. The van der Waals surface area contributed by atoms with Crippen LogP contribution in [0.15, 0.2) is 82.8 Å². The normalized spacial score (nSPS) is 36.3. The molecule has 3 aliphatic heterocycles. The highest BCUT2D eigenvalue weighted by Crippen LogP contribution is 2.38. The number of alkyl halides is 1. The van der Waals surface area contributed by atoms with E-state index in [9.17, 15) is 43.2 Å². The van der Waals surface area contributed by atoms with Crippen molar-refractivity contribution in [3.05, 3.63) is 77.9 Å². The Kier molecular flexibility index (Phi) is 25.1. The Hall–Kier alpha value is -4.40. The Morgan fingerprint density at radius 3 is 2.28 bits per heavy atom. The molecule has 4 aliphatic rings. The Balaban J connectivity index is 1.41. The number of ketones is 3. The molecule has 5 rings (SSSR count). The summed E-state index contributed by atoms with van der Waals surface area (Å²) in [6.07, 6.45) is 8.79. The number of nitrogens with zero attached hydrogens (tertiary/aromatic N) is 1. The lowest BCUT2D eigenvalue weighted by molar-refractivity contribution is -0.265. The first-order chi connectivity index (χ1) is 37.0. The van der Waals surface area contributed by atoms with Gasteiger partial charge in [-0.25, -0.2) is 9.59 Å². The number of methoxy groups -OCH3 is 3. The van der Waals surface area contributed by atoms with Crippen LogP contribution < -0.4 is 5.32 Å². The molecule has 434 valence electrons. The number of amides is 2. The van der Waals surface area contributed by atoms with Crippen molar-refractivity contribution >= 4 is 57.7 Å². The highest BCUT2D eigenvalue weighted by molar-refractivity contribution is 7.87. The maximum Gasteiger partial charge on any atom is 0.409 e. The number of nitrogens with one attached hydrogen (secondary N) is 1. The molecule has 0 spiro atoms. The second kappa shape index (κ2) is 30.4. The maximum atomic E-state index is 14.6. The van der Waals surface area contributed by atoms with Crippen LogP contribution in [0.4, 0.5) is 4.79 Å². The molecule has 17 nitrogen and oxygen atoms in total. The van der Waals surface area contributed by atoms with Gasteiger partial charge in [0.15, 0.2) is 10.6 Å². The van der Waals surface area contributed by atoms with Gasteiger partial charge in [-0.15, -0.1) is 0 Å². The standard InChI is InChI=1S/C59H85ClN2O15S/c1-35-19-13-11-14-20-36(2)48(72-8)33-43-26-24-41(7)59(70,77-43)54(66)55(67)62-28-18-17-23-45(62)56(68)75-49(34-46(63)37(3)30-40(6)52(65)53(74-10)51(64)39(5)29-35)38(4)31-42-25-27-47(50(32-42)73-9)76-58(69)61-57(60)78(71)44-21-15-12-16-22-44/h11-16,19-22,30,35,37-39,41-43,45,47-50,52-53,57,65,70H,17-18,23-29,31-34H2,1-10H3,(H,61,69)/b14-11+,19-13+,36-20+,40-30+/t35?,37?,38?,39-,41-,42?,43?,45+,47-,48?,49?,50?,52-,53?,57?,59-,78?/m1/s1. The Labute approximate surface area is 468 Å². The van der Waals surface area contributed by atoms with Gasteiger partial charge in [-0.2, -0.15) is 0 Å². The number of rotatable bonds is 10. The lowest BCUT2D eigenvalue weighted by Gasteiger charge is -2.42. The van der Waals surface area contributed by atoms with Gasteiger partial charge in [0.25, 0.3) is 11.7 Å². The number of allylic oxidation sites excluding steroid dienone is 6. The topological polar surface area (TPSA) is 231 Å². The van der Waals surface area contributed by atoms with Gasteiger partial charge in [0.1, 0.15) is 36.2 Å². The number of benzene rings is 1. The number of alkyl carbamates (subject to hydrolysis) is 1. The van der Waals surface area contributed by atoms with E-state index in [2.05, 4.69) is 5.32 Å². The number of ether oxygens (including phenoxy) is 6. The van der Waals surface area contributed by atoms with Crippen LogP contribution in [0, 0.1) is 35.5 Å². The molecule has 11 unspecified atom stereocenters. The zero-order chi connectivity index (χ0) is 57.4. The SMILES string of the molecule is COC1CC2CC[C@@H](C)[C@@](O)(O2)C(=O)C(=O)N2CCCC[C@H]2C(=O)OC(C(C)CC2CC[C@@H](OC(=O)NC(Cl)S(=O)c3ccccc3)C(OC)C2)CC(=O)C(C)/C=C(\C)[C@@H](O)C(OC)C(=O)[C@H](C)CC(C)/C=C/C=C/C=C/1C. The lowest BCUT2D eigenvalue weighted by atomic mass is 9.78. The first kappa shape index (κ1) is 64.4. The van der Waals surface area contributed by atoms with Crippen LogP contribution in [0.25, 0.3) is 0 Å². The number of aliphatic hydroxyl groups is 2. The van der Waals surface area contributed by atoms with Crippen molar-refractivity contribution in [1.82, 2.24) is 10.2 Å². The van der Waals surface area contributed by atoms with Gasteiger partial charge in [-0.3, -0.25) is 28.7 Å². The largest absolute Gasteiger partial charge is 0.460 e. The molecule has 17 atom stereocenters. The summed E-state index contributed by atoms with van der Waals surface area (Å²) < 4.78 is 48.5. The number of halogens is 1. The summed E-state index contributed by atoms with van der Waals surface area (Å²) in [5.74, 6) is -8.68.